The molecule has 0 aromatic carbocycles. The van der Waals surface area contributed by atoms with Crippen LogP contribution in [0.5, 0.6) is 0 Å². The molecule has 0 spiro atoms. The second kappa shape index (κ2) is 7.11. The molecule has 0 bridgehead atoms. The summed E-state index contributed by atoms with van der Waals surface area (Å²) in [5.41, 5.74) is 1.61. The van der Waals surface area contributed by atoms with Crippen molar-refractivity contribution in [2.24, 2.45) is 20.3 Å². The van der Waals surface area contributed by atoms with Crippen LogP contribution in [0, 0.1) is 0 Å². The van der Waals surface area contributed by atoms with E-state index < -0.39 is 7.11 Å². The van der Waals surface area contributed by atoms with Crippen LogP contribution < -0.4 is 0 Å². The van der Waals surface area contributed by atoms with Gasteiger partial charge in [0.2, 0.25) is 0 Å². The van der Waals surface area contributed by atoms with Crippen molar-refractivity contribution in [2.45, 2.75) is 34.1 Å². The fourth-order valence-electron chi connectivity index (χ4n) is 1.23. The lowest BCUT2D eigenvalue weighted by atomic mass is 10.2. The van der Waals surface area contributed by atoms with Crippen LogP contribution in [0.25, 0.3) is 0 Å². The maximum atomic E-state index is 13.3. The van der Waals surface area contributed by atoms with Crippen LogP contribution in [-0.2, 0) is 9.51 Å². The summed E-state index contributed by atoms with van der Waals surface area (Å²) in [7, 11) is -4.61. The zero-order valence-electron chi connectivity index (χ0n) is 12.1. The van der Waals surface area contributed by atoms with Crippen molar-refractivity contribution >= 4 is 30.0 Å². The highest BCUT2D eigenvalue weighted by molar-refractivity contribution is 6.52. The van der Waals surface area contributed by atoms with E-state index in [9.17, 15) is 8.63 Å². The first-order valence-corrected chi connectivity index (χ1v) is 6.30. The normalized spacial score (nSPS) is 26.5. The van der Waals surface area contributed by atoms with Gasteiger partial charge >= 0.3 is 7.11 Å². The molecule has 0 aliphatic carbocycles. The van der Waals surface area contributed by atoms with Crippen LogP contribution >= 0.6 is 0 Å². The Hall–Kier alpha value is -1.80. The van der Waals surface area contributed by atoms with E-state index in [4.69, 9.17) is 0 Å². The molecule has 9 heteroatoms. The van der Waals surface area contributed by atoms with E-state index in [-0.39, 0.29) is 11.4 Å². The first-order valence-electron chi connectivity index (χ1n) is 6.30. The van der Waals surface area contributed by atoms with Crippen molar-refractivity contribution in [3.05, 3.63) is 0 Å². The molecule has 0 saturated carbocycles. The quantitative estimate of drug-likeness (QED) is 0.642. The summed E-state index contributed by atoms with van der Waals surface area (Å²) in [5.74, 6) is 0. The molecule has 20 heavy (non-hydrogen) atoms. The first-order chi connectivity index (χ1) is 9.32. The van der Waals surface area contributed by atoms with Gasteiger partial charge < -0.3 is 18.1 Å². The standard InChI is InChI=1S/C11H18BF2N4O2/c1-8-10(3)17-19-12(13,14)20-18-11(4)9(2)16-7-5-6-15-8/h5-7H2,1-4H3/q-1/b15-8?,16-9?,17-10-,18-11+. The Labute approximate surface area is 116 Å². The molecule has 0 aromatic heterocycles. The molecular formula is C11H18BF2N4O2-. The third-order valence-corrected chi connectivity index (χ3v) is 2.69. The zero-order chi connectivity index (χ0) is 15.2. The van der Waals surface area contributed by atoms with Crippen LogP contribution in [-0.4, -0.2) is 43.0 Å². The minimum absolute atomic E-state index is 0.271. The summed E-state index contributed by atoms with van der Waals surface area (Å²) in [6.45, 7) is 7.52. The molecule has 0 unspecified atom stereocenters. The average Bonchev–Trinajstić information content (AvgIpc) is 2.40. The lowest BCUT2D eigenvalue weighted by Crippen LogP contribution is -2.29. The van der Waals surface area contributed by atoms with Gasteiger partial charge in [-0.3, -0.25) is 9.98 Å². The highest BCUT2D eigenvalue weighted by atomic mass is 19.3. The van der Waals surface area contributed by atoms with Crippen molar-refractivity contribution in [3.63, 3.8) is 0 Å². The third-order valence-electron chi connectivity index (χ3n) is 2.69. The molecule has 0 aromatic rings. The molecule has 0 N–H and O–H groups in total. The number of nitrogens with zero attached hydrogens (tertiary/aromatic N) is 4. The van der Waals surface area contributed by atoms with Gasteiger partial charge in [-0.15, -0.1) is 10.3 Å². The van der Waals surface area contributed by atoms with Gasteiger partial charge in [0, 0.05) is 13.1 Å². The number of rotatable bonds is 0. The number of hydrogen-bond acceptors (Lipinski definition) is 6. The predicted molar refractivity (Wildman–Crippen MR) is 76.9 cm³/mol. The summed E-state index contributed by atoms with van der Waals surface area (Å²) in [5, 5.41) is 6.66. The Bertz CT molecular complexity index is 435. The Kier molecular flexibility index (Phi) is 5.78. The molecule has 1 aliphatic heterocycles. The maximum Gasteiger partial charge on any atom is 0.766 e. The molecule has 1 aliphatic rings. The highest BCUT2D eigenvalue weighted by Gasteiger charge is 2.34. The second-order valence-electron chi connectivity index (χ2n) is 4.39. The molecular weight excluding hydrogens is 269 g/mol. The largest absolute Gasteiger partial charge is 0.766 e. The molecule has 1 rings (SSSR count). The molecule has 0 atom stereocenters. The van der Waals surface area contributed by atoms with Gasteiger partial charge in [-0.2, -0.15) is 0 Å². The van der Waals surface area contributed by atoms with E-state index in [0.717, 1.165) is 6.42 Å². The van der Waals surface area contributed by atoms with Crippen LogP contribution in [0.1, 0.15) is 34.1 Å². The van der Waals surface area contributed by atoms with Gasteiger partial charge in [0.25, 0.3) is 0 Å². The van der Waals surface area contributed by atoms with Crippen molar-refractivity contribution < 1.29 is 18.1 Å². The van der Waals surface area contributed by atoms with Crippen LogP contribution in [0.4, 0.5) is 8.63 Å². The summed E-state index contributed by atoms with van der Waals surface area (Å²) in [6.07, 6.45) is 0.747. The minimum Gasteiger partial charge on any atom is -0.519 e. The average molecular weight is 287 g/mol. The molecule has 1 heterocycles. The number of aliphatic imine (C=N–C) groups is 2. The van der Waals surface area contributed by atoms with Crippen molar-refractivity contribution in [2.75, 3.05) is 13.1 Å². The van der Waals surface area contributed by atoms with Gasteiger partial charge in [-0.05, 0) is 34.1 Å². The molecule has 0 fully saturated rings. The molecule has 112 valence electrons. The van der Waals surface area contributed by atoms with Crippen molar-refractivity contribution in [1.82, 2.24) is 0 Å². The third kappa shape index (κ3) is 5.46. The summed E-state index contributed by atoms with van der Waals surface area (Å²) >= 11 is 0. The summed E-state index contributed by atoms with van der Waals surface area (Å²) in [6, 6.07) is 0. The second-order valence-corrected chi connectivity index (χ2v) is 4.39. The lowest BCUT2D eigenvalue weighted by molar-refractivity contribution is 0.0940. The molecule has 6 nitrogen and oxygen atoms in total. The first kappa shape index (κ1) is 16.3. The Balaban J connectivity index is 2.96. The van der Waals surface area contributed by atoms with Crippen molar-refractivity contribution in [3.8, 4) is 0 Å². The number of hydrogen-bond donors (Lipinski definition) is 0. The summed E-state index contributed by atoms with van der Waals surface area (Å²) in [4.78, 5) is 8.42. The van der Waals surface area contributed by atoms with Crippen LogP contribution in [0.2, 0.25) is 0 Å². The maximum absolute atomic E-state index is 13.3. The van der Waals surface area contributed by atoms with E-state index in [0.29, 0.717) is 24.5 Å². The van der Waals surface area contributed by atoms with Crippen LogP contribution in [0.3, 0.4) is 0 Å². The fourth-order valence-corrected chi connectivity index (χ4v) is 1.23. The van der Waals surface area contributed by atoms with Gasteiger partial charge in [0.1, 0.15) is 0 Å². The van der Waals surface area contributed by atoms with Gasteiger partial charge in [0.05, 0.1) is 22.8 Å². The van der Waals surface area contributed by atoms with E-state index >= 15 is 0 Å². The van der Waals surface area contributed by atoms with Gasteiger partial charge in [0.15, 0.2) is 0 Å². The summed E-state index contributed by atoms with van der Waals surface area (Å²) < 4.78 is 34.8. The van der Waals surface area contributed by atoms with Crippen molar-refractivity contribution in [1.29, 1.82) is 0 Å². The van der Waals surface area contributed by atoms with E-state index in [1.807, 2.05) is 0 Å². The minimum atomic E-state index is -4.61. The lowest BCUT2D eigenvalue weighted by Gasteiger charge is -2.20. The monoisotopic (exact) mass is 287 g/mol. The Morgan fingerprint density at radius 1 is 0.800 bits per heavy atom. The Morgan fingerprint density at radius 2 is 1.20 bits per heavy atom. The molecule has 0 radical (unpaired) electrons. The van der Waals surface area contributed by atoms with Gasteiger partial charge in [-0.1, -0.05) is 0 Å². The van der Waals surface area contributed by atoms with Crippen LogP contribution in [0.15, 0.2) is 20.3 Å². The zero-order valence-corrected chi connectivity index (χ0v) is 12.1. The number of halogens is 2. The smallest absolute Gasteiger partial charge is 0.519 e. The van der Waals surface area contributed by atoms with E-state index in [1.54, 1.807) is 13.8 Å². The SMILES string of the molecule is CC1=NCCCN=C(C)/C(C)=N/O[B-](F)(F)O/N=C\1C. The predicted octanol–water partition coefficient (Wildman–Crippen LogP) is 2.47. The molecule has 0 saturated heterocycles. The fraction of sp³-hybridized carbons (Fsp3) is 0.636. The van der Waals surface area contributed by atoms with E-state index in [1.165, 1.54) is 13.8 Å². The Morgan fingerprint density at radius 3 is 1.60 bits per heavy atom. The molecule has 0 amide bonds. The topological polar surface area (TPSA) is 67.9 Å². The number of oxime groups is 2. The van der Waals surface area contributed by atoms with Gasteiger partial charge in [-0.25, -0.2) is 0 Å². The highest BCUT2D eigenvalue weighted by Crippen LogP contribution is 2.12. The van der Waals surface area contributed by atoms with E-state index in [2.05, 4.69) is 29.8 Å².